The molecule has 126 valence electrons. The maximum atomic E-state index is 14.0. The number of aliphatic hydroxyl groups excluding tert-OH is 1. The molecular weight excluding hydrogens is 316 g/mol. The van der Waals surface area contributed by atoms with Crippen molar-refractivity contribution in [2.24, 2.45) is 0 Å². The molecule has 2 atom stereocenters. The van der Waals surface area contributed by atoms with E-state index in [2.05, 4.69) is 0 Å². The van der Waals surface area contributed by atoms with E-state index in [0.717, 1.165) is 18.2 Å². The van der Waals surface area contributed by atoms with E-state index < -0.39 is 23.8 Å². The van der Waals surface area contributed by atoms with Gasteiger partial charge in [-0.15, -0.1) is 0 Å². The second kappa shape index (κ2) is 6.97. The number of carbonyl (C=O) groups excluding carboxylic acids is 1. The molecule has 2 aromatic carbocycles. The molecule has 1 fully saturated rings. The number of nitrogens with zero attached hydrogens (tertiary/aromatic N) is 1. The van der Waals surface area contributed by atoms with Crippen molar-refractivity contribution >= 4 is 5.91 Å². The molecule has 0 saturated carbocycles. The summed E-state index contributed by atoms with van der Waals surface area (Å²) in [7, 11) is 0. The summed E-state index contributed by atoms with van der Waals surface area (Å²) in [5, 5.41) is 9.87. The van der Waals surface area contributed by atoms with Gasteiger partial charge in [0.25, 0.3) is 5.91 Å². The Kier molecular flexibility index (Phi) is 4.76. The highest BCUT2D eigenvalue weighted by molar-refractivity contribution is 5.78. The van der Waals surface area contributed by atoms with E-state index in [0.29, 0.717) is 5.75 Å². The van der Waals surface area contributed by atoms with Gasteiger partial charge in [-0.3, -0.25) is 4.79 Å². The maximum absolute atomic E-state index is 14.0. The molecule has 2 aromatic rings. The van der Waals surface area contributed by atoms with Gasteiger partial charge in [-0.05, 0) is 36.8 Å². The number of amides is 1. The number of likely N-dealkylation sites (tertiary alicyclic amines) is 1. The fraction of sp³-hybridized carbons (Fsp3) is 0.278. The Morgan fingerprint density at radius 1 is 1.21 bits per heavy atom. The van der Waals surface area contributed by atoms with Gasteiger partial charge >= 0.3 is 0 Å². The molecule has 0 aromatic heterocycles. The molecule has 1 amide bonds. The summed E-state index contributed by atoms with van der Waals surface area (Å²) in [6, 6.07) is 11.2. The molecule has 0 spiro atoms. The van der Waals surface area contributed by atoms with Crippen LogP contribution in [0.25, 0.3) is 0 Å². The SMILES string of the molecule is O=C(COc1ccccc1)N1C[C@@H](O)C[C@@H]1c1cc(F)ccc1F. The molecule has 1 aliphatic heterocycles. The molecule has 0 bridgehead atoms. The average molecular weight is 333 g/mol. The lowest BCUT2D eigenvalue weighted by Crippen LogP contribution is -2.35. The van der Waals surface area contributed by atoms with Crippen LogP contribution in [0.3, 0.4) is 0 Å². The number of aliphatic hydroxyl groups is 1. The Hall–Kier alpha value is -2.47. The standard InChI is InChI=1S/C18H17F2NO3/c19-12-6-7-16(20)15(8-12)17-9-13(22)10-21(17)18(23)11-24-14-4-2-1-3-5-14/h1-8,13,17,22H,9-11H2/t13-,17+/m0/s1. The number of halogens is 2. The van der Waals surface area contributed by atoms with Crippen LogP contribution in [-0.2, 0) is 4.79 Å². The number of para-hydroxylation sites is 1. The van der Waals surface area contributed by atoms with Crippen LogP contribution in [-0.4, -0.2) is 35.2 Å². The summed E-state index contributed by atoms with van der Waals surface area (Å²) in [4.78, 5) is 13.8. The van der Waals surface area contributed by atoms with Crippen molar-refractivity contribution in [3.63, 3.8) is 0 Å². The number of β-amino-alcohol motifs (C(OH)–C–C–N with tert-alkyl or cyclic N) is 1. The van der Waals surface area contributed by atoms with Crippen LogP contribution >= 0.6 is 0 Å². The Labute approximate surface area is 138 Å². The molecule has 1 aliphatic rings. The van der Waals surface area contributed by atoms with Crippen molar-refractivity contribution in [1.29, 1.82) is 0 Å². The fourth-order valence-electron chi connectivity index (χ4n) is 2.90. The molecule has 6 heteroatoms. The molecule has 0 aliphatic carbocycles. The minimum Gasteiger partial charge on any atom is -0.484 e. The van der Waals surface area contributed by atoms with Crippen LogP contribution < -0.4 is 4.74 Å². The lowest BCUT2D eigenvalue weighted by Gasteiger charge is -2.25. The number of benzene rings is 2. The van der Waals surface area contributed by atoms with Gasteiger partial charge in [0.15, 0.2) is 6.61 Å². The van der Waals surface area contributed by atoms with Crippen LogP contribution in [0.5, 0.6) is 5.75 Å². The molecule has 4 nitrogen and oxygen atoms in total. The Balaban J connectivity index is 1.75. The lowest BCUT2D eigenvalue weighted by atomic mass is 10.0. The first-order valence-corrected chi connectivity index (χ1v) is 7.65. The van der Waals surface area contributed by atoms with Gasteiger partial charge in [0, 0.05) is 12.1 Å². The van der Waals surface area contributed by atoms with E-state index in [4.69, 9.17) is 4.74 Å². The maximum Gasteiger partial charge on any atom is 0.261 e. The number of hydrogen-bond acceptors (Lipinski definition) is 3. The van der Waals surface area contributed by atoms with E-state index >= 15 is 0 Å². The third-order valence-corrected chi connectivity index (χ3v) is 4.02. The van der Waals surface area contributed by atoms with Gasteiger partial charge in [0.2, 0.25) is 0 Å². The second-order valence-electron chi connectivity index (χ2n) is 5.72. The topological polar surface area (TPSA) is 49.8 Å². The number of ether oxygens (including phenoxy) is 1. The molecule has 1 N–H and O–H groups in total. The first kappa shape index (κ1) is 16.4. The summed E-state index contributed by atoms with van der Waals surface area (Å²) < 4.78 is 32.9. The summed E-state index contributed by atoms with van der Waals surface area (Å²) in [6.07, 6.45) is -0.615. The third-order valence-electron chi connectivity index (χ3n) is 4.02. The lowest BCUT2D eigenvalue weighted by molar-refractivity contribution is -0.134. The number of hydrogen-bond donors (Lipinski definition) is 1. The first-order valence-electron chi connectivity index (χ1n) is 7.65. The quantitative estimate of drug-likeness (QED) is 0.936. The van der Waals surface area contributed by atoms with E-state index in [1.165, 1.54) is 4.90 Å². The zero-order valence-corrected chi connectivity index (χ0v) is 12.9. The highest BCUT2D eigenvalue weighted by atomic mass is 19.1. The van der Waals surface area contributed by atoms with Crippen LogP contribution in [0.1, 0.15) is 18.0 Å². The molecule has 0 radical (unpaired) electrons. The molecule has 1 heterocycles. The summed E-state index contributed by atoms with van der Waals surface area (Å²) in [6.45, 7) is -0.165. The largest absolute Gasteiger partial charge is 0.484 e. The predicted octanol–water partition coefficient (Wildman–Crippen LogP) is 2.68. The highest BCUT2D eigenvalue weighted by Crippen LogP contribution is 2.34. The number of rotatable bonds is 4. The smallest absolute Gasteiger partial charge is 0.261 e. The highest BCUT2D eigenvalue weighted by Gasteiger charge is 2.36. The van der Waals surface area contributed by atoms with Crippen LogP contribution in [0, 0.1) is 11.6 Å². The van der Waals surface area contributed by atoms with E-state index in [1.54, 1.807) is 24.3 Å². The summed E-state index contributed by atoms with van der Waals surface area (Å²) in [5.41, 5.74) is 0.0691. The van der Waals surface area contributed by atoms with Crippen molar-refractivity contribution in [1.82, 2.24) is 4.90 Å². The van der Waals surface area contributed by atoms with Gasteiger partial charge < -0.3 is 14.7 Å². The molecule has 1 saturated heterocycles. The third kappa shape index (κ3) is 3.54. The van der Waals surface area contributed by atoms with Gasteiger partial charge in [-0.2, -0.15) is 0 Å². The van der Waals surface area contributed by atoms with Gasteiger partial charge in [-0.25, -0.2) is 8.78 Å². The molecule has 0 unspecified atom stereocenters. The molecule has 3 rings (SSSR count). The Morgan fingerprint density at radius 3 is 2.71 bits per heavy atom. The van der Waals surface area contributed by atoms with Crippen molar-refractivity contribution in [3.05, 3.63) is 65.7 Å². The van der Waals surface area contributed by atoms with Crippen LogP contribution in [0.4, 0.5) is 8.78 Å². The normalized spacial score (nSPS) is 20.2. The van der Waals surface area contributed by atoms with Crippen LogP contribution in [0.15, 0.2) is 48.5 Å². The number of carbonyl (C=O) groups is 1. The van der Waals surface area contributed by atoms with Gasteiger partial charge in [0.05, 0.1) is 12.1 Å². The zero-order valence-electron chi connectivity index (χ0n) is 12.9. The minimum atomic E-state index is -0.779. The summed E-state index contributed by atoms with van der Waals surface area (Å²) in [5.74, 6) is -1.03. The van der Waals surface area contributed by atoms with E-state index in [-0.39, 0.29) is 31.0 Å². The van der Waals surface area contributed by atoms with Crippen molar-refractivity contribution < 1.29 is 23.4 Å². The van der Waals surface area contributed by atoms with Gasteiger partial charge in [0.1, 0.15) is 17.4 Å². The second-order valence-corrected chi connectivity index (χ2v) is 5.72. The average Bonchev–Trinajstić information content (AvgIpc) is 2.97. The van der Waals surface area contributed by atoms with Crippen molar-refractivity contribution in [2.45, 2.75) is 18.6 Å². The molecular formula is C18H17F2NO3. The van der Waals surface area contributed by atoms with Crippen molar-refractivity contribution in [3.8, 4) is 5.75 Å². The Morgan fingerprint density at radius 2 is 1.96 bits per heavy atom. The summed E-state index contributed by atoms with van der Waals surface area (Å²) >= 11 is 0. The fourth-order valence-corrected chi connectivity index (χ4v) is 2.90. The zero-order chi connectivity index (χ0) is 17.1. The van der Waals surface area contributed by atoms with Crippen molar-refractivity contribution in [2.75, 3.05) is 13.2 Å². The Bertz CT molecular complexity index is 723. The van der Waals surface area contributed by atoms with Crippen LogP contribution in [0.2, 0.25) is 0 Å². The monoisotopic (exact) mass is 333 g/mol. The minimum absolute atomic E-state index is 0.0671. The van der Waals surface area contributed by atoms with E-state index in [1.807, 2.05) is 6.07 Å². The first-order chi connectivity index (χ1) is 11.5. The molecule has 24 heavy (non-hydrogen) atoms. The van der Waals surface area contributed by atoms with Gasteiger partial charge in [-0.1, -0.05) is 18.2 Å². The predicted molar refractivity (Wildman–Crippen MR) is 83.4 cm³/mol. The van der Waals surface area contributed by atoms with E-state index in [9.17, 15) is 18.7 Å².